The number of rotatable bonds is 6. The SMILES string of the molecule is Cc1ccc(C(CNC(C)(C)C)OCCC(C)(C)C)cc1. The van der Waals surface area contributed by atoms with Crippen molar-refractivity contribution in [2.45, 2.75) is 66.5 Å². The van der Waals surface area contributed by atoms with Gasteiger partial charge < -0.3 is 10.1 Å². The molecular formula is C19H33NO. The van der Waals surface area contributed by atoms with E-state index in [1.165, 1.54) is 11.1 Å². The lowest BCUT2D eigenvalue weighted by Crippen LogP contribution is -2.39. The Morgan fingerprint density at radius 1 is 1.00 bits per heavy atom. The van der Waals surface area contributed by atoms with Crippen LogP contribution in [-0.4, -0.2) is 18.7 Å². The second-order valence-electron chi connectivity index (χ2n) is 8.21. The predicted octanol–water partition coefficient (Wildman–Crippen LogP) is 4.88. The predicted molar refractivity (Wildman–Crippen MR) is 91.7 cm³/mol. The van der Waals surface area contributed by atoms with Crippen LogP contribution in [-0.2, 0) is 4.74 Å². The minimum atomic E-state index is 0.107. The Balaban J connectivity index is 2.67. The van der Waals surface area contributed by atoms with E-state index < -0.39 is 0 Å². The lowest BCUT2D eigenvalue weighted by molar-refractivity contribution is 0.0333. The number of aryl methyl sites for hydroxylation is 1. The van der Waals surface area contributed by atoms with Crippen molar-refractivity contribution in [2.75, 3.05) is 13.2 Å². The first-order valence-electron chi connectivity index (χ1n) is 8.00. The molecule has 0 spiro atoms. The fourth-order valence-electron chi connectivity index (χ4n) is 1.96. The van der Waals surface area contributed by atoms with Crippen molar-refractivity contribution in [1.29, 1.82) is 0 Å². The van der Waals surface area contributed by atoms with Crippen LogP contribution in [0.2, 0.25) is 0 Å². The fraction of sp³-hybridized carbons (Fsp3) is 0.684. The monoisotopic (exact) mass is 291 g/mol. The lowest BCUT2D eigenvalue weighted by Gasteiger charge is -2.27. The van der Waals surface area contributed by atoms with Crippen molar-refractivity contribution in [3.05, 3.63) is 35.4 Å². The van der Waals surface area contributed by atoms with E-state index in [1.54, 1.807) is 0 Å². The summed E-state index contributed by atoms with van der Waals surface area (Å²) in [6.07, 6.45) is 1.19. The molecule has 1 aromatic rings. The van der Waals surface area contributed by atoms with Gasteiger partial charge >= 0.3 is 0 Å². The molecular weight excluding hydrogens is 258 g/mol. The highest BCUT2D eigenvalue weighted by Gasteiger charge is 2.18. The van der Waals surface area contributed by atoms with E-state index >= 15 is 0 Å². The van der Waals surface area contributed by atoms with Crippen LogP contribution in [0.4, 0.5) is 0 Å². The van der Waals surface area contributed by atoms with Crippen molar-refractivity contribution >= 4 is 0 Å². The van der Waals surface area contributed by atoms with Gasteiger partial charge in [0.2, 0.25) is 0 Å². The number of nitrogens with one attached hydrogen (secondary N) is 1. The summed E-state index contributed by atoms with van der Waals surface area (Å²) in [5.41, 5.74) is 2.97. The molecule has 0 aromatic heterocycles. The summed E-state index contributed by atoms with van der Waals surface area (Å²) in [7, 11) is 0. The highest BCUT2D eigenvalue weighted by atomic mass is 16.5. The molecule has 0 amide bonds. The molecule has 0 fully saturated rings. The second-order valence-corrected chi connectivity index (χ2v) is 8.21. The lowest BCUT2D eigenvalue weighted by atomic mass is 9.93. The molecule has 0 aliphatic heterocycles. The molecule has 0 aliphatic rings. The van der Waals surface area contributed by atoms with Crippen LogP contribution in [0.15, 0.2) is 24.3 Å². The number of benzene rings is 1. The number of hydrogen-bond donors (Lipinski definition) is 1. The Hall–Kier alpha value is -0.860. The zero-order valence-electron chi connectivity index (χ0n) is 14.9. The van der Waals surface area contributed by atoms with Gasteiger partial charge in [-0.15, -0.1) is 0 Å². The highest BCUT2D eigenvalue weighted by molar-refractivity contribution is 5.23. The summed E-state index contributed by atoms with van der Waals surface area (Å²) in [5, 5.41) is 3.56. The average Bonchev–Trinajstić information content (AvgIpc) is 2.32. The molecule has 2 heteroatoms. The van der Waals surface area contributed by atoms with Gasteiger partial charge in [0.1, 0.15) is 0 Å². The molecule has 2 nitrogen and oxygen atoms in total. The summed E-state index contributed by atoms with van der Waals surface area (Å²) in [5.74, 6) is 0. The Labute approximate surface area is 131 Å². The largest absolute Gasteiger partial charge is 0.372 e. The quantitative estimate of drug-likeness (QED) is 0.806. The van der Waals surface area contributed by atoms with Crippen molar-refractivity contribution in [2.24, 2.45) is 5.41 Å². The van der Waals surface area contributed by atoms with Crippen LogP contribution >= 0.6 is 0 Å². The molecule has 0 saturated heterocycles. The van der Waals surface area contributed by atoms with Gasteiger partial charge in [0.15, 0.2) is 0 Å². The van der Waals surface area contributed by atoms with E-state index in [9.17, 15) is 0 Å². The Morgan fingerprint density at radius 3 is 2.05 bits per heavy atom. The van der Waals surface area contributed by atoms with E-state index in [2.05, 4.69) is 78.0 Å². The standard InChI is InChI=1S/C19H33NO/c1-15-8-10-16(11-9-15)17(14-20-19(5,6)7)21-13-12-18(2,3)4/h8-11,17,20H,12-14H2,1-7H3. The van der Waals surface area contributed by atoms with Crippen LogP contribution in [0.3, 0.4) is 0 Å². The van der Waals surface area contributed by atoms with Crippen LogP contribution in [0.1, 0.15) is 65.2 Å². The van der Waals surface area contributed by atoms with Crippen LogP contribution in [0.25, 0.3) is 0 Å². The van der Waals surface area contributed by atoms with Gasteiger partial charge in [0.25, 0.3) is 0 Å². The van der Waals surface area contributed by atoms with Crippen LogP contribution in [0.5, 0.6) is 0 Å². The minimum absolute atomic E-state index is 0.107. The van der Waals surface area contributed by atoms with Gasteiger partial charge in [-0.05, 0) is 45.1 Å². The smallest absolute Gasteiger partial charge is 0.0949 e. The molecule has 120 valence electrons. The van der Waals surface area contributed by atoms with Crippen molar-refractivity contribution in [3.63, 3.8) is 0 Å². The van der Waals surface area contributed by atoms with Gasteiger partial charge in [-0.3, -0.25) is 0 Å². The highest BCUT2D eigenvalue weighted by Crippen LogP contribution is 2.23. The fourth-order valence-corrected chi connectivity index (χ4v) is 1.96. The molecule has 0 radical (unpaired) electrons. The summed E-state index contributed by atoms with van der Waals surface area (Å²) in [6.45, 7) is 17.1. The minimum Gasteiger partial charge on any atom is -0.372 e. The zero-order valence-corrected chi connectivity index (χ0v) is 14.9. The molecule has 21 heavy (non-hydrogen) atoms. The molecule has 0 aliphatic carbocycles. The Morgan fingerprint density at radius 2 is 1.57 bits per heavy atom. The molecule has 1 aromatic carbocycles. The van der Waals surface area contributed by atoms with E-state index in [1.807, 2.05) is 0 Å². The summed E-state index contributed by atoms with van der Waals surface area (Å²) >= 11 is 0. The maximum Gasteiger partial charge on any atom is 0.0949 e. The molecule has 1 unspecified atom stereocenters. The number of ether oxygens (including phenoxy) is 1. The van der Waals surface area contributed by atoms with Crippen LogP contribution < -0.4 is 5.32 Å². The van der Waals surface area contributed by atoms with Gasteiger partial charge in [0.05, 0.1) is 6.10 Å². The van der Waals surface area contributed by atoms with Gasteiger partial charge in [-0.25, -0.2) is 0 Å². The van der Waals surface area contributed by atoms with E-state index in [0.717, 1.165) is 19.6 Å². The van der Waals surface area contributed by atoms with E-state index in [4.69, 9.17) is 4.74 Å². The van der Waals surface area contributed by atoms with Gasteiger partial charge in [-0.1, -0.05) is 50.6 Å². The van der Waals surface area contributed by atoms with Gasteiger partial charge in [-0.2, -0.15) is 0 Å². The molecule has 1 rings (SSSR count). The first-order chi connectivity index (χ1) is 9.57. The van der Waals surface area contributed by atoms with Crippen LogP contribution in [0, 0.1) is 12.3 Å². The zero-order chi connectivity index (χ0) is 16.1. The second kappa shape index (κ2) is 7.42. The normalized spacial score (nSPS) is 14.2. The van der Waals surface area contributed by atoms with Crippen molar-refractivity contribution in [3.8, 4) is 0 Å². The third-order valence-corrected chi connectivity index (χ3v) is 3.44. The Bertz CT molecular complexity index is 409. The first-order valence-corrected chi connectivity index (χ1v) is 8.00. The van der Waals surface area contributed by atoms with Gasteiger partial charge in [0, 0.05) is 18.7 Å². The van der Waals surface area contributed by atoms with Crippen molar-refractivity contribution < 1.29 is 4.74 Å². The molecule has 0 heterocycles. The van der Waals surface area contributed by atoms with E-state index in [-0.39, 0.29) is 11.6 Å². The third kappa shape index (κ3) is 8.23. The third-order valence-electron chi connectivity index (χ3n) is 3.44. The average molecular weight is 291 g/mol. The molecule has 1 N–H and O–H groups in total. The number of hydrogen-bond acceptors (Lipinski definition) is 2. The Kier molecular flexibility index (Phi) is 6.42. The maximum atomic E-state index is 6.18. The summed E-state index contributed by atoms with van der Waals surface area (Å²) < 4.78 is 6.18. The topological polar surface area (TPSA) is 21.3 Å². The van der Waals surface area contributed by atoms with E-state index in [0.29, 0.717) is 5.41 Å². The summed E-state index contributed by atoms with van der Waals surface area (Å²) in [4.78, 5) is 0. The molecule has 1 atom stereocenters. The molecule has 0 bridgehead atoms. The molecule has 0 saturated carbocycles. The maximum absolute atomic E-state index is 6.18. The first kappa shape index (κ1) is 18.2. The van der Waals surface area contributed by atoms with Crippen molar-refractivity contribution in [1.82, 2.24) is 5.32 Å². The summed E-state index contributed by atoms with van der Waals surface area (Å²) in [6, 6.07) is 8.68.